The summed E-state index contributed by atoms with van der Waals surface area (Å²) >= 11 is 0. The number of urea groups is 1. The molecule has 0 bridgehead atoms. The predicted octanol–water partition coefficient (Wildman–Crippen LogP) is 5.16. The number of alkyl halides is 6. The fourth-order valence-electron chi connectivity index (χ4n) is 4.04. The van der Waals surface area contributed by atoms with Crippen LogP contribution in [-0.2, 0) is 26.0 Å². The summed E-state index contributed by atoms with van der Waals surface area (Å²) in [5, 5.41) is 7.95. The summed E-state index contributed by atoms with van der Waals surface area (Å²) in [7, 11) is -5.54. The summed E-state index contributed by atoms with van der Waals surface area (Å²) in [6.45, 7) is 3.69. The summed E-state index contributed by atoms with van der Waals surface area (Å²) in [4.78, 5) is 41.1. The molecule has 1 aliphatic rings. The molecular weight excluding hydrogens is 584 g/mol. The van der Waals surface area contributed by atoms with Gasteiger partial charge in [-0.2, -0.15) is 26.3 Å². The fourth-order valence-corrected chi connectivity index (χ4v) is 4.80. The smallest absolute Gasteiger partial charge is 0.475 e. The van der Waals surface area contributed by atoms with Crippen LogP contribution in [0.3, 0.4) is 0 Å². The number of halogens is 6. The molecule has 0 radical (unpaired) electrons. The fraction of sp³-hybridized carbons (Fsp3) is 0.280. The number of carbonyl (C=O) groups excluding carboxylic acids is 2. The first-order chi connectivity index (χ1) is 18.9. The van der Waals surface area contributed by atoms with Crippen LogP contribution in [0, 0.1) is 5.92 Å². The van der Waals surface area contributed by atoms with Crippen LogP contribution in [0.1, 0.15) is 19.4 Å². The number of pyridine rings is 1. The Morgan fingerprint density at radius 3 is 2.05 bits per heavy atom. The highest BCUT2D eigenvalue weighted by atomic mass is 32.2. The normalized spacial score (nSPS) is 16.3. The maximum Gasteiger partial charge on any atom is 0.501 e. The number of hydrogen-bond donors (Lipinski definition) is 1. The lowest BCUT2D eigenvalue weighted by atomic mass is 10.0. The second-order valence-electron chi connectivity index (χ2n) is 9.01. The van der Waals surface area contributed by atoms with Gasteiger partial charge in [-0.25, -0.2) is 22.9 Å². The van der Waals surface area contributed by atoms with E-state index in [1.54, 1.807) is 26.1 Å². The lowest BCUT2D eigenvalue weighted by Gasteiger charge is -2.25. The summed E-state index contributed by atoms with van der Waals surface area (Å²) in [6.07, 6.45) is -3.47. The third-order valence-corrected chi connectivity index (χ3v) is 7.41. The van der Waals surface area contributed by atoms with Crippen LogP contribution in [0.2, 0.25) is 0 Å². The zero-order valence-electron chi connectivity index (χ0n) is 21.1. The summed E-state index contributed by atoms with van der Waals surface area (Å²) in [5.41, 5.74) is -3.95. The van der Waals surface area contributed by atoms with Gasteiger partial charge in [-0.15, -0.1) is 0 Å². The summed E-state index contributed by atoms with van der Waals surface area (Å²) < 4.78 is 93.5. The number of anilines is 1. The topological polar surface area (TPSA) is 125 Å². The lowest BCUT2D eigenvalue weighted by Crippen LogP contribution is -2.38. The molecule has 1 fully saturated rings. The lowest BCUT2D eigenvalue weighted by molar-refractivity contribution is -0.192. The van der Waals surface area contributed by atoms with E-state index in [2.05, 4.69) is 4.98 Å². The van der Waals surface area contributed by atoms with Gasteiger partial charge in [0.25, 0.3) is 15.7 Å². The molecule has 1 aromatic heterocycles. The highest BCUT2D eigenvalue weighted by Crippen LogP contribution is 2.34. The van der Waals surface area contributed by atoms with Crippen molar-refractivity contribution < 1.29 is 54.3 Å². The van der Waals surface area contributed by atoms with Gasteiger partial charge in [0.2, 0.25) is 0 Å². The average Bonchev–Trinajstić information content (AvgIpc) is 3.12. The Bertz CT molecular complexity index is 1570. The molecule has 3 amide bonds. The third-order valence-electron chi connectivity index (χ3n) is 5.91. The largest absolute Gasteiger partial charge is 0.501 e. The van der Waals surface area contributed by atoms with E-state index in [1.807, 2.05) is 24.3 Å². The van der Waals surface area contributed by atoms with E-state index in [0.717, 1.165) is 45.6 Å². The number of para-hydroxylation sites is 1. The molecule has 1 saturated heterocycles. The highest BCUT2D eigenvalue weighted by Gasteiger charge is 2.49. The predicted molar refractivity (Wildman–Crippen MR) is 132 cm³/mol. The van der Waals surface area contributed by atoms with Gasteiger partial charge in [0, 0.05) is 18.1 Å². The molecule has 9 nitrogen and oxygen atoms in total. The van der Waals surface area contributed by atoms with Gasteiger partial charge in [-0.05, 0) is 47.9 Å². The van der Waals surface area contributed by atoms with Crippen molar-refractivity contribution in [3.63, 3.8) is 0 Å². The van der Waals surface area contributed by atoms with Gasteiger partial charge in [0.1, 0.15) is 6.04 Å². The van der Waals surface area contributed by atoms with Crippen molar-refractivity contribution in [1.29, 1.82) is 0 Å². The zero-order chi connectivity index (χ0) is 30.9. The molecule has 220 valence electrons. The molecule has 0 unspecified atom stereocenters. The minimum absolute atomic E-state index is 0.0103. The standard InChI is InChI=1S/C23H20F3N3O4S.C2HF3O2/c1-14(2)20-21(30)29(16-7-9-17(10-8-16)34(32,33)23(24,25)26)22(31)28(20)13-15-11-12-27-19-6-4-3-5-18(15)19;3-2(4,5)1(6)7/h3-12,14,20H,13H2,1-2H3;(H,6,7)/t20-;/m1./s1. The minimum Gasteiger partial charge on any atom is -0.475 e. The molecule has 3 aromatic rings. The van der Waals surface area contributed by atoms with E-state index in [0.29, 0.717) is 0 Å². The van der Waals surface area contributed by atoms with Gasteiger partial charge < -0.3 is 10.0 Å². The minimum atomic E-state index is -5.54. The number of carboxylic acid groups (broad SMARTS) is 1. The number of amides is 3. The van der Waals surface area contributed by atoms with E-state index in [4.69, 9.17) is 9.90 Å². The quantitative estimate of drug-likeness (QED) is 0.315. The van der Waals surface area contributed by atoms with Gasteiger partial charge in [-0.3, -0.25) is 9.78 Å². The van der Waals surface area contributed by atoms with Crippen LogP contribution in [0.15, 0.2) is 65.7 Å². The van der Waals surface area contributed by atoms with Crippen LogP contribution in [0.25, 0.3) is 10.9 Å². The van der Waals surface area contributed by atoms with Crippen molar-refractivity contribution in [3.05, 3.63) is 66.4 Å². The van der Waals surface area contributed by atoms with E-state index < -0.39 is 50.4 Å². The summed E-state index contributed by atoms with van der Waals surface area (Å²) in [5.74, 6) is -3.54. The Balaban J connectivity index is 0.000000587. The van der Waals surface area contributed by atoms with Gasteiger partial charge in [-0.1, -0.05) is 32.0 Å². The summed E-state index contributed by atoms with van der Waals surface area (Å²) in [6, 6.07) is 11.2. The number of aliphatic carboxylic acids is 1. The number of rotatable bonds is 5. The number of nitrogens with zero attached hydrogens (tertiary/aromatic N) is 3. The molecule has 0 aliphatic carbocycles. The van der Waals surface area contributed by atoms with Crippen molar-refractivity contribution in [2.45, 2.75) is 43.0 Å². The van der Waals surface area contributed by atoms with Crippen molar-refractivity contribution in [2.24, 2.45) is 5.92 Å². The number of sulfone groups is 1. The number of benzene rings is 2. The Hall–Kier alpha value is -4.21. The molecular formula is C25H21F6N3O6S. The molecule has 0 saturated carbocycles. The van der Waals surface area contributed by atoms with Crippen molar-refractivity contribution in [1.82, 2.24) is 9.88 Å². The maximum absolute atomic E-state index is 13.3. The van der Waals surface area contributed by atoms with Crippen molar-refractivity contribution in [2.75, 3.05) is 4.90 Å². The Morgan fingerprint density at radius 1 is 0.976 bits per heavy atom. The number of carboxylic acids is 1. The molecule has 16 heteroatoms. The monoisotopic (exact) mass is 605 g/mol. The molecule has 4 rings (SSSR count). The van der Waals surface area contributed by atoms with Crippen LogP contribution in [-0.4, -0.2) is 59.0 Å². The van der Waals surface area contributed by atoms with Crippen LogP contribution in [0.5, 0.6) is 0 Å². The zero-order valence-corrected chi connectivity index (χ0v) is 22.0. The number of imide groups is 1. The van der Waals surface area contributed by atoms with E-state index >= 15 is 0 Å². The second-order valence-corrected chi connectivity index (χ2v) is 10.9. The Labute approximate surface area is 228 Å². The van der Waals surface area contributed by atoms with Crippen LogP contribution >= 0.6 is 0 Å². The van der Waals surface area contributed by atoms with Crippen LogP contribution in [0.4, 0.5) is 36.8 Å². The third kappa shape index (κ3) is 6.42. The molecule has 2 aromatic carbocycles. The second kappa shape index (κ2) is 11.3. The van der Waals surface area contributed by atoms with Gasteiger partial charge in [0.15, 0.2) is 0 Å². The Kier molecular flexibility index (Phi) is 8.67. The van der Waals surface area contributed by atoms with Crippen molar-refractivity contribution >= 4 is 44.3 Å². The van der Waals surface area contributed by atoms with Gasteiger partial charge in [0.05, 0.1) is 16.1 Å². The van der Waals surface area contributed by atoms with E-state index in [-0.39, 0.29) is 18.2 Å². The number of carbonyl (C=O) groups is 3. The number of aromatic nitrogens is 1. The first-order valence-corrected chi connectivity index (χ1v) is 13.0. The van der Waals surface area contributed by atoms with Crippen LogP contribution < -0.4 is 4.90 Å². The van der Waals surface area contributed by atoms with Gasteiger partial charge >= 0.3 is 23.7 Å². The molecule has 2 heterocycles. The number of hydrogen-bond acceptors (Lipinski definition) is 6. The van der Waals surface area contributed by atoms with Crippen molar-refractivity contribution in [3.8, 4) is 0 Å². The molecule has 41 heavy (non-hydrogen) atoms. The maximum atomic E-state index is 13.3. The van der Waals surface area contributed by atoms with E-state index in [9.17, 15) is 44.3 Å². The molecule has 1 aliphatic heterocycles. The molecule has 0 spiro atoms. The first kappa shape index (κ1) is 31.3. The number of fused-ring (bicyclic) bond motifs is 1. The SMILES string of the molecule is CC(C)[C@@H]1C(=O)N(c2ccc(S(=O)(=O)C(F)(F)F)cc2)C(=O)N1Cc1ccnc2ccccc12.O=C(O)C(F)(F)F. The van der Waals surface area contributed by atoms with E-state index in [1.165, 1.54) is 4.90 Å². The molecule has 1 atom stereocenters. The average molecular weight is 606 g/mol. The molecule has 1 N–H and O–H groups in total. The first-order valence-electron chi connectivity index (χ1n) is 11.6. The highest BCUT2D eigenvalue weighted by molar-refractivity contribution is 7.92. The Morgan fingerprint density at radius 2 is 1.54 bits per heavy atom.